The number of carbonyl (C=O) groups is 1. The van der Waals surface area contributed by atoms with E-state index in [1.165, 1.54) is 11.3 Å². The van der Waals surface area contributed by atoms with Crippen LogP contribution in [-0.4, -0.2) is 5.78 Å². The lowest BCUT2D eigenvalue weighted by Gasteiger charge is -2.03. The van der Waals surface area contributed by atoms with Crippen LogP contribution in [0.1, 0.15) is 15.2 Å². The van der Waals surface area contributed by atoms with Gasteiger partial charge in [-0.3, -0.25) is 4.79 Å². The van der Waals surface area contributed by atoms with Crippen LogP contribution in [0.25, 0.3) is 0 Å². The van der Waals surface area contributed by atoms with Gasteiger partial charge in [-0.1, -0.05) is 46.9 Å². The van der Waals surface area contributed by atoms with E-state index in [0.717, 1.165) is 5.56 Å². The zero-order valence-corrected chi connectivity index (χ0v) is 11.6. The predicted molar refractivity (Wildman–Crippen MR) is 73.8 cm³/mol. The number of Topliss-reactive ketones (excluding diaryl/α,β-unsaturated/α-hetero) is 1. The zero-order chi connectivity index (χ0) is 12.4. The van der Waals surface area contributed by atoms with Crippen molar-refractivity contribution in [1.82, 2.24) is 0 Å². The number of ketones is 1. The monoisotopic (exact) mass is 304 g/mol. The van der Waals surface area contributed by atoms with Gasteiger partial charge < -0.3 is 0 Å². The molecule has 0 radical (unpaired) electrons. The van der Waals surface area contributed by atoms with Gasteiger partial charge in [-0.05, 0) is 23.8 Å². The van der Waals surface area contributed by atoms with Crippen molar-refractivity contribution in [3.63, 3.8) is 0 Å². The van der Waals surface area contributed by atoms with E-state index in [-0.39, 0.29) is 12.2 Å². The third kappa shape index (κ3) is 3.02. The summed E-state index contributed by atoms with van der Waals surface area (Å²) >= 11 is 19.0. The highest BCUT2D eigenvalue weighted by Crippen LogP contribution is 2.28. The summed E-state index contributed by atoms with van der Waals surface area (Å²) in [5.74, 6) is -0.00827. The summed E-state index contributed by atoms with van der Waals surface area (Å²) in [5.41, 5.74) is 0.730. The van der Waals surface area contributed by atoms with Crippen LogP contribution in [0.4, 0.5) is 0 Å². The fourth-order valence-corrected chi connectivity index (χ4v) is 2.78. The van der Waals surface area contributed by atoms with Crippen LogP contribution in [0.3, 0.4) is 0 Å². The molecule has 1 aromatic carbocycles. The number of thiophene rings is 1. The van der Waals surface area contributed by atoms with E-state index in [1.54, 1.807) is 30.3 Å². The maximum absolute atomic E-state index is 11.9. The van der Waals surface area contributed by atoms with Crippen molar-refractivity contribution in [2.24, 2.45) is 0 Å². The molecule has 2 rings (SSSR count). The third-order valence-electron chi connectivity index (χ3n) is 2.23. The number of benzene rings is 1. The highest BCUT2D eigenvalue weighted by atomic mass is 35.5. The van der Waals surface area contributed by atoms with Gasteiger partial charge in [-0.15, -0.1) is 11.3 Å². The van der Waals surface area contributed by atoms with Gasteiger partial charge in [0.1, 0.15) is 0 Å². The molecule has 0 N–H and O–H groups in total. The molecule has 0 aliphatic carbocycles. The molecular weight excluding hydrogens is 299 g/mol. The third-order valence-corrected chi connectivity index (χ3v) is 4.36. The fourth-order valence-electron chi connectivity index (χ4n) is 1.41. The second-order valence-corrected chi connectivity index (χ2v) is 5.92. The van der Waals surface area contributed by atoms with Crippen molar-refractivity contribution in [3.05, 3.63) is 55.2 Å². The van der Waals surface area contributed by atoms with Crippen LogP contribution in [0.2, 0.25) is 14.4 Å². The van der Waals surface area contributed by atoms with Crippen molar-refractivity contribution >= 4 is 51.9 Å². The lowest BCUT2D eigenvalue weighted by molar-refractivity contribution is 0.0997. The molecule has 0 saturated heterocycles. The summed E-state index contributed by atoms with van der Waals surface area (Å²) in [7, 11) is 0. The summed E-state index contributed by atoms with van der Waals surface area (Å²) in [6, 6.07) is 8.69. The van der Waals surface area contributed by atoms with Gasteiger partial charge in [-0.2, -0.15) is 0 Å². The molecule has 0 fully saturated rings. The van der Waals surface area contributed by atoms with Crippen molar-refractivity contribution in [2.75, 3.05) is 0 Å². The molecule has 88 valence electrons. The highest BCUT2D eigenvalue weighted by molar-refractivity contribution is 7.18. The molecule has 0 amide bonds. The second kappa shape index (κ2) is 5.40. The largest absolute Gasteiger partial charge is 0.293 e. The fraction of sp³-hybridized carbons (Fsp3) is 0.0833. The maximum atomic E-state index is 11.9. The van der Waals surface area contributed by atoms with Gasteiger partial charge in [0.15, 0.2) is 5.78 Å². The zero-order valence-electron chi connectivity index (χ0n) is 8.54. The summed E-state index contributed by atoms with van der Waals surface area (Å²) in [6.45, 7) is 0. The van der Waals surface area contributed by atoms with Crippen LogP contribution in [0, 0.1) is 0 Å². The molecule has 0 spiro atoms. The van der Waals surface area contributed by atoms with E-state index in [0.29, 0.717) is 19.3 Å². The number of hydrogen-bond donors (Lipinski definition) is 0. The SMILES string of the molecule is O=C(Cc1cccc(Cl)c1Cl)c1ccc(Cl)s1. The Bertz CT molecular complexity index is 563. The van der Waals surface area contributed by atoms with Crippen molar-refractivity contribution < 1.29 is 4.79 Å². The summed E-state index contributed by atoms with van der Waals surface area (Å²) in [4.78, 5) is 12.6. The summed E-state index contributed by atoms with van der Waals surface area (Å²) < 4.78 is 0.602. The first-order valence-electron chi connectivity index (χ1n) is 4.79. The first kappa shape index (κ1) is 12.9. The predicted octanol–water partition coefficient (Wildman–Crippen LogP) is 5.13. The molecule has 2 aromatic rings. The molecule has 1 nitrogen and oxygen atoms in total. The number of hydrogen-bond acceptors (Lipinski definition) is 2. The van der Waals surface area contributed by atoms with Gasteiger partial charge >= 0.3 is 0 Å². The van der Waals surface area contributed by atoms with Gasteiger partial charge in [0, 0.05) is 6.42 Å². The van der Waals surface area contributed by atoms with Crippen LogP contribution in [0.5, 0.6) is 0 Å². The van der Waals surface area contributed by atoms with Gasteiger partial charge in [0.2, 0.25) is 0 Å². The minimum absolute atomic E-state index is 0.00827. The summed E-state index contributed by atoms with van der Waals surface area (Å²) in [5, 5.41) is 0.895. The Labute approximate surface area is 118 Å². The van der Waals surface area contributed by atoms with Gasteiger partial charge in [-0.25, -0.2) is 0 Å². The normalized spacial score (nSPS) is 10.5. The molecule has 17 heavy (non-hydrogen) atoms. The van der Waals surface area contributed by atoms with E-state index in [1.807, 2.05) is 0 Å². The summed E-state index contributed by atoms with van der Waals surface area (Å²) in [6.07, 6.45) is 0.232. The van der Waals surface area contributed by atoms with Crippen LogP contribution >= 0.6 is 46.1 Å². The van der Waals surface area contributed by atoms with Gasteiger partial charge in [0.05, 0.1) is 19.3 Å². The number of carbonyl (C=O) groups excluding carboxylic acids is 1. The Morgan fingerprint density at radius 3 is 2.53 bits per heavy atom. The standard InChI is InChI=1S/C12H7Cl3OS/c13-8-3-1-2-7(12(8)15)6-9(16)10-4-5-11(14)17-10/h1-5H,6H2. The van der Waals surface area contributed by atoms with E-state index in [9.17, 15) is 4.79 Å². The van der Waals surface area contributed by atoms with Crippen molar-refractivity contribution in [2.45, 2.75) is 6.42 Å². The van der Waals surface area contributed by atoms with Crippen LogP contribution in [-0.2, 0) is 6.42 Å². The quantitative estimate of drug-likeness (QED) is 0.718. The van der Waals surface area contributed by atoms with Crippen molar-refractivity contribution in [1.29, 1.82) is 0 Å². The molecule has 5 heteroatoms. The van der Waals surface area contributed by atoms with Crippen LogP contribution in [0.15, 0.2) is 30.3 Å². The van der Waals surface area contributed by atoms with Gasteiger partial charge in [0.25, 0.3) is 0 Å². The average molecular weight is 306 g/mol. The Morgan fingerprint density at radius 1 is 1.12 bits per heavy atom. The molecule has 0 atom stereocenters. The molecular formula is C12H7Cl3OS. The highest BCUT2D eigenvalue weighted by Gasteiger charge is 2.12. The average Bonchev–Trinajstić information content (AvgIpc) is 2.72. The lowest BCUT2D eigenvalue weighted by Crippen LogP contribution is -2.01. The smallest absolute Gasteiger partial charge is 0.177 e. The Kier molecular flexibility index (Phi) is 4.10. The molecule has 0 aliphatic heterocycles. The Morgan fingerprint density at radius 2 is 1.88 bits per heavy atom. The molecule has 0 unspecified atom stereocenters. The molecule has 0 aliphatic rings. The molecule has 0 bridgehead atoms. The minimum Gasteiger partial charge on any atom is -0.293 e. The Hall–Kier alpha value is -0.540. The second-order valence-electron chi connectivity index (χ2n) is 3.42. The van der Waals surface area contributed by atoms with E-state index in [2.05, 4.69) is 0 Å². The van der Waals surface area contributed by atoms with Crippen LogP contribution < -0.4 is 0 Å². The van der Waals surface area contributed by atoms with E-state index < -0.39 is 0 Å². The molecule has 0 saturated carbocycles. The topological polar surface area (TPSA) is 17.1 Å². The van der Waals surface area contributed by atoms with E-state index >= 15 is 0 Å². The minimum atomic E-state index is -0.00827. The maximum Gasteiger partial charge on any atom is 0.177 e. The first-order chi connectivity index (χ1) is 8.08. The lowest BCUT2D eigenvalue weighted by atomic mass is 10.1. The molecule has 1 heterocycles. The van der Waals surface area contributed by atoms with E-state index in [4.69, 9.17) is 34.8 Å². The number of rotatable bonds is 3. The van der Waals surface area contributed by atoms with Crippen molar-refractivity contribution in [3.8, 4) is 0 Å². The first-order valence-corrected chi connectivity index (χ1v) is 6.74. The number of halogens is 3. The molecule has 1 aromatic heterocycles. The Balaban J connectivity index is 2.21.